The number of aromatic carboxylic acids is 1. The molecule has 1 aromatic heterocycles. The standard InChI is InChI=1S/C16H13NO3/c1-9-3-4-11(7-10(9)2)15-17-13-6-5-12(16(18)19)8-14(13)20-15/h3-8H,1-2H3,(H,18,19). The van der Waals surface area contributed by atoms with Gasteiger partial charge in [0.25, 0.3) is 0 Å². The highest BCUT2D eigenvalue weighted by Gasteiger charge is 2.11. The number of hydrogen-bond donors (Lipinski definition) is 1. The van der Waals surface area contributed by atoms with Crippen LogP contribution in [-0.2, 0) is 0 Å². The molecule has 0 aliphatic carbocycles. The Bertz CT molecular complexity index is 818. The normalized spacial score (nSPS) is 10.9. The summed E-state index contributed by atoms with van der Waals surface area (Å²) in [6, 6.07) is 10.7. The van der Waals surface area contributed by atoms with Crippen LogP contribution in [0.25, 0.3) is 22.6 Å². The molecule has 3 rings (SSSR count). The molecule has 2 aromatic carbocycles. The van der Waals surface area contributed by atoms with Gasteiger partial charge in [0.15, 0.2) is 5.58 Å². The summed E-state index contributed by atoms with van der Waals surface area (Å²) in [5, 5.41) is 8.97. The van der Waals surface area contributed by atoms with E-state index in [1.165, 1.54) is 17.7 Å². The van der Waals surface area contributed by atoms with Crippen molar-refractivity contribution in [2.75, 3.05) is 0 Å². The highest BCUT2D eigenvalue weighted by molar-refractivity contribution is 5.92. The van der Waals surface area contributed by atoms with E-state index >= 15 is 0 Å². The molecule has 3 aromatic rings. The van der Waals surface area contributed by atoms with Crippen molar-refractivity contribution in [1.29, 1.82) is 0 Å². The third-order valence-electron chi connectivity index (χ3n) is 3.39. The van der Waals surface area contributed by atoms with Crippen LogP contribution in [0, 0.1) is 13.8 Å². The van der Waals surface area contributed by atoms with E-state index < -0.39 is 5.97 Å². The second kappa shape index (κ2) is 4.49. The van der Waals surface area contributed by atoms with E-state index in [1.54, 1.807) is 6.07 Å². The first-order valence-electron chi connectivity index (χ1n) is 6.26. The van der Waals surface area contributed by atoms with Crippen molar-refractivity contribution in [3.05, 3.63) is 53.1 Å². The predicted molar refractivity (Wildman–Crippen MR) is 75.9 cm³/mol. The number of nitrogens with zero attached hydrogens (tertiary/aromatic N) is 1. The van der Waals surface area contributed by atoms with Crippen molar-refractivity contribution in [1.82, 2.24) is 4.98 Å². The average molecular weight is 267 g/mol. The van der Waals surface area contributed by atoms with Gasteiger partial charge in [0, 0.05) is 5.56 Å². The number of hydrogen-bond acceptors (Lipinski definition) is 3. The Morgan fingerprint density at radius 3 is 2.60 bits per heavy atom. The summed E-state index contributed by atoms with van der Waals surface area (Å²) in [7, 11) is 0. The first-order valence-corrected chi connectivity index (χ1v) is 6.26. The third kappa shape index (κ3) is 2.05. The summed E-state index contributed by atoms with van der Waals surface area (Å²) >= 11 is 0. The van der Waals surface area contributed by atoms with Gasteiger partial charge in [-0.3, -0.25) is 0 Å². The molecule has 100 valence electrons. The Morgan fingerprint density at radius 1 is 1.10 bits per heavy atom. The average Bonchev–Trinajstić information content (AvgIpc) is 2.84. The van der Waals surface area contributed by atoms with Crippen LogP contribution in [0.3, 0.4) is 0 Å². The molecule has 1 N–H and O–H groups in total. The Morgan fingerprint density at radius 2 is 1.90 bits per heavy atom. The van der Waals surface area contributed by atoms with Gasteiger partial charge in [0.1, 0.15) is 5.52 Å². The van der Waals surface area contributed by atoms with Crippen LogP contribution in [-0.4, -0.2) is 16.1 Å². The molecule has 0 radical (unpaired) electrons. The Hall–Kier alpha value is -2.62. The predicted octanol–water partition coefficient (Wildman–Crippen LogP) is 3.81. The number of aryl methyl sites for hydroxylation is 2. The largest absolute Gasteiger partial charge is 0.478 e. The lowest BCUT2D eigenvalue weighted by atomic mass is 10.1. The molecule has 0 saturated heterocycles. The smallest absolute Gasteiger partial charge is 0.335 e. The zero-order chi connectivity index (χ0) is 14.3. The fraction of sp³-hybridized carbons (Fsp3) is 0.125. The lowest BCUT2D eigenvalue weighted by molar-refractivity contribution is 0.0697. The maximum absolute atomic E-state index is 10.9. The van der Waals surface area contributed by atoms with Crippen LogP contribution in [0.15, 0.2) is 40.8 Å². The molecule has 0 atom stereocenters. The van der Waals surface area contributed by atoms with Gasteiger partial charge < -0.3 is 9.52 Å². The fourth-order valence-corrected chi connectivity index (χ4v) is 2.06. The van der Waals surface area contributed by atoms with E-state index in [4.69, 9.17) is 9.52 Å². The molecule has 4 heteroatoms. The third-order valence-corrected chi connectivity index (χ3v) is 3.39. The summed E-state index contributed by atoms with van der Waals surface area (Å²) in [5.41, 5.74) is 4.59. The number of aromatic nitrogens is 1. The molecule has 0 saturated carbocycles. The van der Waals surface area contributed by atoms with Crippen LogP contribution in [0.5, 0.6) is 0 Å². The minimum atomic E-state index is -0.976. The zero-order valence-electron chi connectivity index (χ0n) is 11.2. The van der Waals surface area contributed by atoms with Gasteiger partial charge in [-0.25, -0.2) is 9.78 Å². The lowest BCUT2D eigenvalue weighted by Crippen LogP contribution is -1.94. The molecular formula is C16H13NO3. The Labute approximate surface area is 115 Å². The van der Waals surface area contributed by atoms with E-state index in [9.17, 15) is 4.79 Å². The number of carboxylic acid groups (broad SMARTS) is 1. The van der Waals surface area contributed by atoms with Gasteiger partial charge >= 0.3 is 5.97 Å². The van der Waals surface area contributed by atoms with Crippen molar-refractivity contribution in [3.8, 4) is 11.5 Å². The van der Waals surface area contributed by atoms with Crippen molar-refractivity contribution < 1.29 is 14.3 Å². The van der Waals surface area contributed by atoms with E-state index in [1.807, 2.05) is 32.0 Å². The van der Waals surface area contributed by atoms with Crippen molar-refractivity contribution >= 4 is 17.1 Å². The Balaban J connectivity index is 2.12. The minimum absolute atomic E-state index is 0.195. The summed E-state index contributed by atoms with van der Waals surface area (Å²) in [4.78, 5) is 15.3. The second-order valence-electron chi connectivity index (χ2n) is 4.81. The van der Waals surface area contributed by atoms with Crippen molar-refractivity contribution in [2.45, 2.75) is 13.8 Å². The molecule has 0 fully saturated rings. The first kappa shape index (κ1) is 12.4. The van der Waals surface area contributed by atoms with Crippen LogP contribution in [0.2, 0.25) is 0 Å². The maximum Gasteiger partial charge on any atom is 0.335 e. The van der Waals surface area contributed by atoms with Gasteiger partial charge in [-0.15, -0.1) is 0 Å². The molecule has 20 heavy (non-hydrogen) atoms. The lowest BCUT2D eigenvalue weighted by Gasteiger charge is -2.01. The van der Waals surface area contributed by atoms with E-state index in [0.717, 1.165) is 11.1 Å². The topological polar surface area (TPSA) is 63.3 Å². The summed E-state index contributed by atoms with van der Waals surface area (Å²) in [6.07, 6.45) is 0. The van der Waals surface area contributed by atoms with Crippen LogP contribution < -0.4 is 0 Å². The number of carbonyl (C=O) groups is 1. The quantitative estimate of drug-likeness (QED) is 0.766. The number of oxazole rings is 1. The van der Waals surface area contributed by atoms with Gasteiger partial charge in [-0.2, -0.15) is 0 Å². The SMILES string of the molecule is Cc1ccc(-c2nc3ccc(C(=O)O)cc3o2)cc1C. The number of carboxylic acids is 1. The molecule has 0 aliphatic rings. The minimum Gasteiger partial charge on any atom is -0.478 e. The van der Waals surface area contributed by atoms with Gasteiger partial charge in [0.05, 0.1) is 5.56 Å². The molecule has 0 amide bonds. The number of rotatable bonds is 2. The zero-order valence-corrected chi connectivity index (χ0v) is 11.2. The molecule has 0 aliphatic heterocycles. The summed E-state index contributed by atoms with van der Waals surface area (Å²) in [5.74, 6) is -0.471. The van der Waals surface area contributed by atoms with E-state index in [-0.39, 0.29) is 5.56 Å². The molecule has 1 heterocycles. The molecular weight excluding hydrogens is 254 g/mol. The van der Waals surface area contributed by atoms with Crippen LogP contribution in [0.4, 0.5) is 0 Å². The van der Waals surface area contributed by atoms with Crippen LogP contribution in [0.1, 0.15) is 21.5 Å². The van der Waals surface area contributed by atoms with Crippen molar-refractivity contribution in [2.24, 2.45) is 0 Å². The number of benzene rings is 2. The molecule has 0 bridgehead atoms. The van der Waals surface area contributed by atoms with Gasteiger partial charge in [-0.05, 0) is 55.3 Å². The maximum atomic E-state index is 10.9. The van der Waals surface area contributed by atoms with Crippen LogP contribution >= 0.6 is 0 Å². The summed E-state index contributed by atoms with van der Waals surface area (Å²) in [6.45, 7) is 4.08. The fourth-order valence-electron chi connectivity index (χ4n) is 2.06. The van der Waals surface area contributed by atoms with Gasteiger partial charge in [-0.1, -0.05) is 6.07 Å². The molecule has 4 nitrogen and oxygen atoms in total. The Kier molecular flexibility index (Phi) is 2.79. The highest BCUT2D eigenvalue weighted by atomic mass is 16.4. The molecule has 0 spiro atoms. The molecule has 0 unspecified atom stereocenters. The van der Waals surface area contributed by atoms with Crippen molar-refractivity contribution in [3.63, 3.8) is 0 Å². The second-order valence-corrected chi connectivity index (χ2v) is 4.81. The van der Waals surface area contributed by atoms with E-state index in [0.29, 0.717) is 17.0 Å². The number of fused-ring (bicyclic) bond motifs is 1. The van der Waals surface area contributed by atoms with E-state index in [2.05, 4.69) is 4.98 Å². The highest BCUT2D eigenvalue weighted by Crippen LogP contribution is 2.26. The van der Waals surface area contributed by atoms with Gasteiger partial charge in [0.2, 0.25) is 5.89 Å². The monoisotopic (exact) mass is 267 g/mol. The first-order chi connectivity index (χ1) is 9.54. The summed E-state index contributed by atoms with van der Waals surface area (Å²) < 4.78 is 5.67.